The minimum absolute atomic E-state index is 0.240. The van der Waals surface area contributed by atoms with Gasteiger partial charge in [0.05, 0.1) is 6.61 Å². The third kappa shape index (κ3) is 2.48. The maximum atomic E-state index is 11.0. The lowest BCUT2D eigenvalue weighted by atomic mass is 10.2. The Bertz CT molecular complexity index is 276. The van der Waals surface area contributed by atoms with Gasteiger partial charge >= 0.3 is 5.97 Å². The molecule has 0 amide bonds. The number of aliphatic hydroxyl groups is 1. The summed E-state index contributed by atoms with van der Waals surface area (Å²) in [7, 11) is 0. The molecule has 1 N–H and O–H groups in total. The van der Waals surface area contributed by atoms with Gasteiger partial charge in [-0.05, 0) is 6.92 Å². The lowest BCUT2D eigenvalue weighted by molar-refractivity contribution is -0.153. The molecule has 1 heterocycles. The maximum Gasteiger partial charge on any atom is 0.339 e. The van der Waals surface area contributed by atoms with Crippen LogP contribution in [-0.4, -0.2) is 27.7 Å². The third-order valence-corrected chi connectivity index (χ3v) is 1.41. The average molecular weight is 182 g/mol. The van der Waals surface area contributed by atoms with Crippen molar-refractivity contribution in [3.8, 4) is 0 Å². The first-order valence-electron chi connectivity index (χ1n) is 3.85. The molecule has 0 radical (unpaired) electrons. The van der Waals surface area contributed by atoms with Crippen molar-refractivity contribution in [3.63, 3.8) is 0 Å². The van der Waals surface area contributed by atoms with Gasteiger partial charge in [-0.2, -0.15) is 0 Å². The Kier molecular flexibility index (Phi) is 3.33. The summed E-state index contributed by atoms with van der Waals surface area (Å²) in [6, 6.07) is 0. The van der Waals surface area contributed by atoms with Crippen LogP contribution in [0.1, 0.15) is 18.6 Å². The zero-order valence-electron chi connectivity index (χ0n) is 7.17. The Balaban J connectivity index is 2.68. The molecule has 1 atom stereocenters. The van der Waals surface area contributed by atoms with E-state index in [9.17, 15) is 9.90 Å². The van der Waals surface area contributed by atoms with Gasteiger partial charge in [-0.25, -0.2) is 14.8 Å². The van der Waals surface area contributed by atoms with Crippen LogP contribution in [0.5, 0.6) is 0 Å². The Morgan fingerprint density at radius 2 is 2.23 bits per heavy atom. The van der Waals surface area contributed by atoms with Crippen LogP contribution in [0.4, 0.5) is 0 Å². The number of aromatic nitrogens is 2. The number of hydrogen-bond acceptors (Lipinski definition) is 5. The number of rotatable bonds is 3. The minimum Gasteiger partial charge on any atom is -0.464 e. The molecule has 1 aromatic rings. The molecule has 1 aromatic heterocycles. The van der Waals surface area contributed by atoms with E-state index in [1.165, 1.54) is 18.7 Å². The van der Waals surface area contributed by atoms with Gasteiger partial charge in [-0.3, -0.25) is 0 Å². The topological polar surface area (TPSA) is 72.3 Å². The smallest absolute Gasteiger partial charge is 0.339 e. The van der Waals surface area contributed by atoms with Crippen molar-refractivity contribution in [2.45, 2.75) is 13.0 Å². The Morgan fingerprint density at radius 1 is 1.62 bits per heavy atom. The molecule has 0 bridgehead atoms. The highest BCUT2D eigenvalue weighted by molar-refractivity contribution is 5.75. The molecule has 13 heavy (non-hydrogen) atoms. The van der Waals surface area contributed by atoms with Crippen LogP contribution in [0, 0.1) is 0 Å². The van der Waals surface area contributed by atoms with Crippen molar-refractivity contribution in [2.24, 2.45) is 0 Å². The lowest BCUT2D eigenvalue weighted by Crippen LogP contribution is -2.15. The molecule has 0 aliphatic heterocycles. The van der Waals surface area contributed by atoms with E-state index in [2.05, 4.69) is 14.7 Å². The molecule has 0 fully saturated rings. The van der Waals surface area contributed by atoms with E-state index >= 15 is 0 Å². The van der Waals surface area contributed by atoms with E-state index in [1.54, 1.807) is 6.92 Å². The summed E-state index contributed by atoms with van der Waals surface area (Å²) in [5.41, 5.74) is 0.334. The van der Waals surface area contributed by atoms with Crippen LogP contribution in [0.3, 0.4) is 0 Å². The van der Waals surface area contributed by atoms with Crippen LogP contribution < -0.4 is 0 Å². The summed E-state index contributed by atoms with van der Waals surface area (Å²) in [6.07, 6.45) is 2.77. The van der Waals surface area contributed by atoms with E-state index in [-0.39, 0.29) is 6.61 Å². The van der Waals surface area contributed by atoms with Crippen LogP contribution >= 0.6 is 0 Å². The highest BCUT2D eigenvalue weighted by atomic mass is 16.5. The molecule has 1 unspecified atom stereocenters. The summed E-state index contributed by atoms with van der Waals surface area (Å²) in [4.78, 5) is 18.4. The quantitative estimate of drug-likeness (QED) is 0.670. The number of carbonyl (C=O) groups excluding carboxylic acids is 1. The zero-order valence-corrected chi connectivity index (χ0v) is 7.17. The molecule has 0 saturated heterocycles. The van der Waals surface area contributed by atoms with Crippen molar-refractivity contribution in [1.29, 1.82) is 0 Å². The van der Waals surface area contributed by atoms with Crippen LogP contribution in [0.2, 0.25) is 0 Å². The maximum absolute atomic E-state index is 11.0. The fraction of sp³-hybridized carbons (Fsp3) is 0.375. The van der Waals surface area contributed by atoms with Crippen molar-refractivity contribution >= 4 is 5.97 Å². The van der Waals surface area contributed by atoms with Gasteiger partial charge in [0.15, 0.2) is 6.10 Å². The summed E-state index contributed by atoms with van der Waals surface area (Å²) in [6.45, 7) is 1.91. The second-order valence-electron chi connectivity index (χ2n) is 2.33. The molecule has 0 aliphatic carbocycles. The van der Waals surface area contributed by atoms with Crippen molar-refractivity contribution < 1.29 is 14.6 Å². The number of esters is 1. The fourth-order valence-electron chi connectivity index (χ4n) is 0.809. The molecule has 5 nitrogen and oxygen atoms in total. The first kappa shape index (κ1) is 9.60. The Labute approximate surface area is 75.4 Å². The van der Waals surface area contributed by atoms with E-state index in [0.29, 0.717) is 5.56 Å². The van der Waals surface area contributed by atoms with E-state index in [4.69, 9.17) is 0 Å². The second-order valence-corrected chi connectivity index (χ2v) is 2.33. The Morgan fingerprint density at radius 3 is 2.77 bits per heavy atom. The standard InChI is InChI=1S/C8H10N2O3/c1-2-13-8(12)7(11)6-3-9-5-10-4-6/h3-5,7,11H,2H2,1H3. The predicted octanol–water partition coefficient (Wildman–Crippen LogP) is 0.0731. The number of nitrogens with zero attached hydrogens (tertiary/aromatic N) is 2. The van der Waals surface area contributed by atoms with Gasteiger partial charge in [0.1, 0.15) is 6.33 Å². The van der Waals surface area contributed by atoms with E-state index < -0.39 is 12.1 Å². The van der Waals surface area contributed by atoms with E-state index in [1.807, 2.05) is 0 Å². The normalized spacial score (nSPS) is 12.2. The number of hydrogen-bond donors (Lipinski definition) is 1. The van der Waals surface area contributed by atoms with E-state index in [0.717, 1.165) is 0 Å². The molecular weight excluding hydrogens is 172 g/mol. The lowest BCUT2D eigenvalue weighted by Gasteiger charge is -2.07. The van der Waals surface area contributed by atoms with Gasteiger partial charge in [-0.1, -0.05) is 0 Å². The molecule has 1 rings (SSSR count). The first-order valence-corrected chi connectivity index (χ1v) is 3.85. The number of aliphatic hydroxyl groups excluding tert-OH is 1. The highest BCUT2D eigenvalue weighted by Crippen LogP contribution is 2.10. The van der Waals surface area contributed by atoms with Crippen LogP contribution in [-0.2, 0) is 9.53 Å². The number of carbonyl (C=O) groups is 1. The van der Waals surface area contributed by atoms with Gasteiger partial charge < -0.3 is 9.84 Å². The summed E-state index contributed by atoms with van der Waals surface area (Å²) in [5.74, 6) is -0.683. The molecular formula is C8H10N2O3. The van der Waals surface area contributed by atoms with Crippen molar-refractivity contribution in [3.05, 3.63) is 24.3 Å². The van der Waals surface area contributed by atoms with Gasteiger partial charge in [0, 0.05) is 18.0 Å². The van der Waals surface area contributed by atoms with Gasteiger partial charge in [0.2, 0.25) is 0 Å². The van der Waals surface area contributed by atoms with Crippen LogP contribution in [0.15, 0.2) is 18.7 Å². The molecule has 5 heteroatoms. The molecule has 70 valence electrons. The van der Waals surface area contributed by atoms with Gasteiger partial charge in [0.25, 0.3) is 0 Å². The summed E-state index contributed by atoms with van der Waals surface area (Å²) >= 11 is 0. The molecule has 0 aromatic carbocycles. The molecule has 0 aliphatic rings. The number of ether oxygens (including phenoxy) is 1. The summed E-state index contributed by atoms with van der Waals surface area (Å²) in [5, 5.41) is 9.37. The fourth-order valence-corrected chi connectivity index (χ4v) is 0.809. The zero-order chi connectivity index (χ0) is 9.68. The monoisotopic (exact) mass is 182 g/mol. The average Bonchev–Trinajstić information content (AvgIpc) is 2.18. The predicted molar refractivity (Wildman–Crippen MR) is 43.6 cm³/mol. The van der Waals surface area contributed by atoms with Crippen molar-refractivity contribution in [1.82, 2.24) is 9.97 Å². The second kappa shape index (κ2) is 4.51. The van der Waals surface area contributed by atoms with Crippen LogP contribution in [0.25, 0.3) is 0 Å². The molecule has 0 saturated carbocycles. The van der Waals surface area contributed by atoms with Gasteiger partial charge in [-0.15, -0.1) is 0 Å². The SMILES string of the molecule is CCOC(=O)C(O)c1cncnc1. The largest absolute Gasteiger partial charge is 0.464 e. The highest BCUT2D eigenvalue weighted by Gasteiger charge is 2.18. The molecule has 0 spiro atoms. The Hall–Kier alpha value is -1.49. The minimum atomic E-state index is -1.29. The third-order valence-electron chi connectivity index (χ3n) is 1.41. The van der Waals surface area contributed by atoms with Crippen molar-refractivity contribution in [2.75, 3.05) is 6.61 Å². The summed E-state index contributed by atoms with van der Waals surface area (Å²) < 4.78 is 4.61. The first-order chi connectivity index (χ1) is 6.25.